The zero-order valence-corrected chi connectivity index (χ0v) is 7.73. The molecule has 1 aliphatic rings. The van der Waals surface area contributed by atoms with Gasteiger partial charge in [0, 0.05) is 6.42 Å². The van der Waals surface area contributed by atoms with Gasteiger partial charge in [0.2, 0.25) is 5.91 Å². The van der Waals surface area contributed by atoms with Crippen LogP contribution in [0.4, 0.5) is 0 Å². The molecule has 12 heavy (non-hydrogen) atoms. The van der Waals surface area contributed by atoms with Crippen LogP contribution in [0.1, 0.15) is 39.0 Å². The van der Waals surface area contributed by atoms with Crippen LogP contribution in [-0.2, 0) is 4.79 Å². The third-order valence-electron chi connectivity index (χ3n) is 2.55. The van der Waals surface area contributed by atoms with E-state index in [2.05, 4.69) is 18.8 Å². The van der Waals surface area contributed by atoms with E-state index < -0.39 is 0 Å². The van der Waals surface area contributed by atoms with E-state index in [4.69, 9.17) is 0 Å². The fourth-order valence-corrected chi connectivity index (χ4v) is 1.67. The minimum Gasteiger partial charge on any atom is -0.347 e. The lowest BCUT2D eigenvalue weighted by Gasteiger charge is -2.24. The van der Waals surface area contributed by atoms with Crippen molar-refractivity contribution in [1.82, 2.24) is 5.32 Å². The Morgan fingerprint density at radius 3 is 2.92 bits per heavy atom. The van der Waals surface area contributed by atoms with E-state index in [1.165, 1.54) is 6.42 Å². The van der Waals surface area contributed by atoms with Crippen molar-refractivity contribution in [1.29, 1.82) is 0 Å². The van der Waals surface area contributed by atoms with Gasteiger partial charge >= 0.3 is 0 Å². The first kappa shape index (κ1) is 9.30. The molecule has 0 aromatic heterocycles. The van der Waals surface area contributed by atoms with Crippen LogP contribution in [0.15, 0.2) is 12.7 Å². The number of amides is 1. The fourth-order valence-electron chi connectivity index (χ4n) is 1.67. The van der Waals surface area contributed by atoms with Crippen LogP contribution >= 0.6 is 0 Å². The van der Waals surface area contributed by atoms with Gasteiger partial charge in [-0.2, -0.15) is 0 Å². The van der Waals surface area contributed by atoms with Crippen molar-refractivity contribution in [3.05, 3.63) is 12.7 Å². The first-order chi connectivity index (χ1) is 5.72. The Kier molecular flexibility index (Phi) is 2.90. The van der Waals surface area contributed by atoms with Crippen molar-refractivity contribution < 1.29 is 4.79 Å². The number of hydrogen-bond acceptors (Lipinski definition) is 1. The van der Waals surface area contributed by atoms with Gasteiger partial charge < -0.3 is 5.32 Å². The topological polar surface area (TPSA) is 29.1 Å². The van der Waals surface area contributed by atoms with Crippen LogP contribution in [-0.4, -0.2) is 11.4 Å². The van der Waals surface area contributed by atoms with Gasteiger partial charge in [-0.05, 0) is 12.8 Å². The summed E-state index contributed by atoms with van der Waals surface area (Å²) in [6.07, 6.45) is 6.86. The van der Waals surface area contributed by atoms with Crippen molar-refractivity contribution in [2.24, 2.45) is 0 Å². The van der Waals surface area contributed by atoms with Gasteiger partial charge in [0.05, 0.1) is 5.54 Å². The molecule has 1 aliphatic heterocycles. The Labute approximate surface area is 74.0 Å². The maximum Gasteiger partial charge on any atom is 0.220 e. The van der Waals surface area contributed by atoms with Crippen molar-refractivity contribution in [3.63, 3.8) is 0 Å². The average Bonchev–Trinajstić information content (AvgIpc) is 2.45. The Morgan fingerprint density at radius 1 is 1.75 bits per heavy atom. The van der Waals surface area contributed by atoms with Gasteiger partial charge in [-0.25, -0.2) is 0 Å². The number of carbonyl (C=O) groups is 1. The molecule has 1 fully saturated rings. The summed E-state index contributed by atoms with van der Waals surface area (Å²) in [6.45, 7) is 5.95. The van der Waals surface area contributed by atoms with Crippen LogP contribution in [0.2, 0.25) is 0 Å². The summed E-state index contributed by atoms with van der Waals surface area (Å²) < 4.78 is 0. The Morgan fingerprint density at radius 2 is 2.50 bits per heavy atom. The Bertz CT molecular complexity index is 188. The lowest BCUT2D eigenvalue weighted by Crippen LogP contribution is -2.39. The summed E-state index contributed by atoms with van der Waals surface area (Å²) in [5.41, 5.74) is -0.0763. The van der Waals surface area contributed by atoms with E-state index in [9.17, 15) is 4.79 Å². The van der Waals surface area contributed by atoms with Crippen LogP contribution in [0.5, 0.6) is 0 Å². The molecular weight excluding hydrogens is 150 g/mol. The van der Waals surface area contributed by atoms with Crippen LogP contribution < -0.4 is 5.32 Å². The van der Waals surface area contributed by atoms with E-state index in [-0.39, 0.29) is 11.4 Å². The zero-order valence-electron chi connectivity index (χ0n) is 7.73. The lowest BCUT2D eigenvalue weighted by molar-refractivity contribution is -0.119. The second-order valence-electron chi connectivity index (χ2n) is 3.51. The quantitative estimate of drug-likeness (QED) is 0.638. The molecule has 0 bridgehead atoms. The van der Waals surface area contributed by atoms with Gasteiger partial charge in [0.1, 0.15) is 0 Å². The predicted molar refractivity (Wildman–Crippen MR) is 49.8 cm³/mol. The van der Waals surface area contributed by atoms with Crippen molar-refractivity contribution in [2.45, 2.75) is 44.6 Å². The second-order valence-corrected chi connectivity index (χ2v) is 3.51. The molecule has 0 spiro atoms. The molecule has 2 nitrogen and oxygen atoms in total. The lowest BCUT2D eigenvalue weighted by atomic mass is 9.91. The van der Waals surface area contributed by atoms with E-state index in [1.807, 2.05) is 6.08 Å². The average molecular weight is 167 g/mol. The normalized spacial score (nSPS) is 28.6. The summed E-state index contributed by atoms with van der Waals surface area (Å²) in [4.78, 5) is 11.0. The molecule has 0 aliphatic carbocycles. The number of nitrogens with one attached hydrogen (secondary N) is 1. The largest absolute Gasteiger partial charge is 0.347 e. The number of unbranched alkanes of at least 4 members (excludes halogenated alkanes) is 1. The van der Waals surface area contributed by atoms with Gasteiger partial charge in [-0.15, -0.1) is 6.58 Å². The highest BCUT2D eigenvalue weighted by Gasteiger charge is 2.33. The van der Waals surface area contributed by atoms with Crippen LogP contribution in [0, 0.1) is 0 Å². The van der Waals surface area contributed by atoms with E-state index >= 15 is 0 Å². The molecule has 1 rings (SSSR count). The maximum atomic E-state index is 11.0. The molecule has 1 amide bonds. The van der Waals surface area contributed by atoms with Gasteiger partial charge in [0.25, 0.3) is 0 Å². The number of rotatable bonds is 4. The highest BCUT2D eigenvalue weighted by atomic mass is 16.2. The summed E-state index contributed by atoms with van der Waals surface area (Å²) in [5, 5.41) is 2.99. The molecule has 2 heteroatoms. The minimum absolute atomic E-state index is 0.0763. The first-order valence-corrected chi connectivity index (χ1v) is 4.67. The summed E-state index contributed by atoms with van der Waals surface area (Å²) in [6, 6.07) is 0. The van der Waals surface area contributed by atoms with Crippen LogP contribution in [0.3, 0.4) is 0 Å². The van der Waals surface area contributed by atoms with Crippen LogP contribution in [0.25, 0.3) is 0 Å². The molecule has 68 valence electrons. The fraction of sp³-hybridized carbons (Fsp3) is 0.700. The maximum absolute atomic E-state index is 11.0. The molecule has 1 atom stereocenters. The highest BCUT2D eigenvalue weighted by Crippen LogP contribution is 2.26. The minimum atomic E-state index is -0.0763. The Balaban J connectivity index is 2.52. The molecule has 1 heterocycles. The van der Waals surface area contributed by atoms with Gasteiger partial charge in [-0.3, -0.25) is 4.79 Å². The van der Waals surface area contributed by atoms with Crippen molar-refractivity contribution in [3.8, 4) is 0 Å². The molecule has 0 aromatic rings. The van der Waals surface area contributed by atoms with Crippen molar-refractivity contribution in [2.75, 3.05) is 0 Å². The molecule has 0 saturated carbocycles. The molecule has 0 aromatic carbocycles. The van der Waals surface area contributed by atoms with E-state index in [0.29, 0.717) is 6.42 Å². The second kappa shape index (κ2) is 3.74. The predicted octanol–water partition coefficient (Wildman–Crippen LogP) is 2.01. The highest BCUT2D eigenvalue weighted by molar-refractivity contribution is 5.79. The first-order valence-electron chi connectivity index (χ1n) is 4.67. The number of carbonyl (C=O) groups excluding carboxylic acids is 1. The number of hydrogen-bond donors (Lipinski definition) is 1. The zero-order chi connectivity index (χ0) is 9.03. The molecular formula is C10H17NO. The SMILES string of the molecule is C=CC1(CCCC)CCC(=O)N1. The molecule has 1 N–H and O–H groups in total. The standard InChI is InChI=1S/C10H17NO/c1-3-5-7-10(4-2)8-6-9(12)11-10/h4H,2-3,5-8H2,1H3,(H,11,12). The van der Waals surface area contributed by atoms with Gasteiger partial charge in [-0.1, -0.05) is 25.8 Å². The smallest absolute Gasteiger partial charge is 0.220 e. The van der Waals surface area contributed by atoms with E-state index in [0.717, 1.165) is 19.3 Å². The summed E-state index contributed by atoms with van der Waals surface area (Å²) in [7, 11) is 0. The summed E-state index contributed by atoms with van der Waals surface area (Å²) in [5.74, 6) is 0.172. The molecule has 1 unspecified atom stereocenters. The van der Waals surface area contributed by atoms with Gasteiger partial charge in [0.15, 0.2) is 0 Å². The van der Waals surface area contributed by atoms with Crippen molar-refractivity contribution >= 4 is 5.91 Å². The molecule has 1 saturated heterocycles. The molecule has 0 radical (unpaired) electrons. The van der Waals surface area contributed by atoms with E-state index in [1.54, 1.807) is 0 Å². The monoisotopic (exact) mass is 167 g/mol. The Hall–Kier alpha value is -0.790. The third-order valence-corrected chi connectivity index (χ3v) is 2.55. The summed E-state index contributed by atoms with van der Waals surface area (Å²) >= 11 is 0. The third kappa shape index (κ3) is 1.87.